The molecule has 1 rings (SSSR count). The Morgan fingerprint density at radius 1 is 1.30 bits per heavy atom. The third-order valence-electron chi connectivity index (χ3n) is 2.75. The van der Waals surface area contributed by atoms with Crippen LogP contribution < -0.4 is 10.6 Å². The fraction of sp³-hybridized carbons (Fsp3) is 0.538. The molecule has 0 radical (unpaired) electrons. The molecule has 7 heteroatoms. The minimum Gasteiger partial charge on any atom is -0.481 e. The van der Waals surface area contributed by atoms with Crippen LogP contribution in [0.5, 0.6) is 0 Å². The standard InChI is InChI=1S/C13H20N4O3/c1-3-5-9(13(19)20)8-15-11-7-6-10(16-17-11)12(18)14-4-2/h6-7,9H,3-5,8H2,1-2H3,(H,14,18)(H,15,17)(H,19,20). The number of rotatable bonds is 8. The molecule has 0 aliphatic carbocycles. The number of nitrogens with one attached hydrogen (secondary N) is 2. The molecule has 0 aliphatic heterocycles. The zero-order chi connectivity index (χ0) is 15.0. The molecule has 0 saturated carbocycles. The number of nitrogens with zero attached hydrogens (tertiary/aromatic N) is 2. The largest absolute Gasteiger partial charge is 0.481 e. The number of aromatic nitrogens is 2. The van der Waals surface area contributed by atoms with Crippen molar-refractivity contribution in [2.45, 2.75) is 26.7 Å². The van der Waals surface area contributed by atoms with E-state index in [1.54, 1.807) is 12.1 Å². The molecule has 110 valence electrons. The molecule has 0 bridgehead atoms. The lowest BCUT2D eigenvalue weighted by Crippen LogP contribution is -2.25. The van der Waals surface area contributed by atoms with E-state index in [0.717, 1.165) is 6.42 Å². The second-order valence-electron chi connectivity index (χ2n) is 4.37. The predicted molar refractivity (Wildman–Crippen MR) is 74.6 cm³/mol. The molecular weight excluding hydrogens is 260 g/mol. The maximum Gasteiger partial charge on any atom is 0.308 e. The Bertz CT molecular complexity index is 447. The van der Waals surface area contributed by atoms with Crippen molar-refractivity contribution < 1.29 is 14.7 Å². The summed E-state index contributed by atoms with van der Waals surface area (Å²) in [4.78, 5) is 22.5. The van der Waals surface area contributed by atoms with Gasteiger partial charge in [-0.3, -0.25) is 9.59 Å². The lowest BCUT2D eigenvalue weighted by Gasteiger charge is -2.12. The lowest BCUT2D eigenvalue weighted by molar-refractivity contribution is -0.141. The first kappa shape index (κ1) is 15.9. The first-order valence-electron chi connectivity index (χ1n) is 6.67. The topological polar surface area (TPSA) is 104 Å². The molecular formula is C13H20N4O3. The highest BCUT2D eigenvalue weighted by Gasteiger charge is 2.16. The minimum atomic E-state index is -0.828. The van der Waals surface area contributed by atoms with E-state index in [-0.39, 0.29) is 11.6 Å². The smallest absolute Gasteiger partial charge is 0.308 e. The Balaban J connectivity index is 2.56. The van der Waals surface area contributed by atoms with E-state index in [9.17, 15) is 9.59 Å². The summed E-state index contributed by atoms with van der Waals surface area (Å²) in [5, 5.41) is 22.2. The molecule has 1 unspecified atom stereocenters. The summed E-state index contributed by atoms with van der Waals surface area (Å²) in [6.07, 6.45) is 1.41. The molecule has 0 aliphatic rings. The van der Waals surface area contributed by atoms with Gasteiger partial charge in [0.15, 0.2) is 5.69 Å². The van der Waals surface area contributed by atoms with Gasteiger partial charge in [-0.05, 0) is 25.5 Å². The van der Waals surface area contributed by atoms with Crippen molar-refractivity contribution >= 4 is 17.7 Å². The van der Waals surface area contributed by atoms with Gasteiger partial charge >= 0.3 is 5.97 Å². The molecule has 0 fully saturated rings. The van der Waals surface area contributed by atoms with Gasteiger partial charge in [-0.1, -0.05) is 13.3 Å². The average Bonchev–Trinajstić information content (AvgIpc) is 2.44. The van der Waals surface area contributed by atoms with Crippen LogP contribution in [0.1, 0.15) is 37.2 Å². The van der Waals surface area contributed by atoms with Gasteiger partial charge in [0.2, 0.25) is 0 Å². The van der Waals surface area contributed by atoms with Gasteiger partial charge in [0.05, 0.1) is 5.92 Å². The van der Waals surface area contributed by atoms with E-state index in [1.165, 1.54) is 0 Å². The fourth-order valence-corrected chi connectivity index (χ4v) is 1.69. The molecule has 0 saturated heterocycles. The molecule has 1 amide bonds. The molecule has 3 N–H and O–H groups in total. The van der Waals surface area contributed by atoms with Gasteiger partial charge in [0, 0.05) is 13.1 Å². The average molecular weight is 280 g/mol. The number of amides is 1. The highest BCUT2D eigenvalue weighted by atomic mass is 16.4. The van der Waals surface area contributed by atoms with Crippen molar-refractivity contribution in [1.29, 1.82) is 0 Å². The molecule has 1 aromatic rings. The van der Waals surface area contributed by atoms with Crippen molar-refractivity contribution in [2.24, 2.45) is 5.92 Å². The molecule has 0 aromatic carbocycles. The number of carboxylic acids is 1. The number of carboxylic acid groups (broad SMARTS) is 1. The Morgan fingerprint density at radius 3 is 2.55 bits per heavy atom. The zero-order valence-electron chi connectivity index (χ0n) is 11.7. The van der Waals surface area contributed by atoms with Gasteiger partial charge in [-0.2, -0.15) is 0 Å². The highest BCUT2D eigenvalue weighted by Crippen LogP contribution is 2.09. The van der Waals surface area contributed by atoms with Gasteiger partial charge in [-0.25, -0.2) is 0 Å². The first-order chi connectivity index (χ1) is 9.58. The van der Waals surface area contributed by atoms with E-state index in [1.807, 2.05) is 13.8 Å². The maximum atomic E-state index is 11.5. The minimum absolute atomic E-state index is 0.237. The van der Waals surface area contributed by atoms with Gasteiger partial charge in [-0.15, -0.1) is 10.2 Å². The molecule has 7 nitrogen and oxygen atoms in total. The Hall–Kier alpha value is -2.18. The second-order valence-corrected chi connectivity index (χ2v) is 4.37. The third kappa shape index (κ3) is 4.83. The van der Waals surface area contributed by atoms with Gasteiger partial charge in [0.25, 0.3) is 5.91 Å². The number of aliphatic carboxylic acids is 1. The molecule has 20 heavy (non-hydrogen) atoms. The maximum absolute atomic E-state index is 11.5. The van der Waals surface area contributed by atoms with Gasteiger partial charge in [0.1, 0.15) is 5.82 Å². The number of hydrogen-bond acceptors (Lipinski definition) is 5. The summed E-state index contributed by atoms with van der Waals surface area (Å²) in [5.41, 5.74) is 0.237. The van der Waals surface area contributed by atoms with E-state index >= 15 is 0 Å². The normalized spacial score (nSPS) is 11.7. The summed E-state index contributed by atoms with van der Waals surface area (Å²) >= 11 is 0. The second kappa shape index (κ2) is 8.08. The third-order valence-corrected chi connectivity index (χ3v) is 2.75. The predicted octanol–water partition coefficient (Wildman–Crippen LogP) is 1.14. The van der Waals surface area contributed by atoms with Crippen molar-refractivity contribution in [3.8, 4) is 0 Å². The van der Waals surface area contributed by atoms with Crippen LogP contribution in [0, 0.1) is 5.92 Å². The summed E-state index contributed by atoms with van der Waals surface area (Å²) in [7, 11) is 0. The Kier molecular flexibility index (Phi) is 6.42. The van der Waals surface area contributed by atoms with E-state index < -0.39 is 11.9 Å². The Labute approximate surface area is 117 Å². The molecule has 1 aromatic heterocycles. The van der Waals surface area contributed by atoms with Crippen molar-refractivity contribution in [1.82, 2.24) is 15.5 Å². The van der Waals surface area contributed by atoms with Crippen LogP contribution in [0.2, 0.25) is 0 Å². The number of carbonyl (C=O) groups excluding carboxylic acids is 1. The highest BCUT2D eigenvalue weighted by molar-refractivity contribution is 5.92. The molecule has 1 heterocycles. The van der Waals surface area contributed by atoms with Crippen LogP contribution in [0.15, 0.2) is 12.1 Å². The van der Waals surface area contributed by atoms with Crippen LogP contribution in [0.25, 0.3) is 0 Å². The van der Waals surface area contributed by atoms with Crippen LogP contribution in [0.3, 0.4) is 0 Å². The van der Waals surface area contributed by atoms with Crippen LogP contribution in [0.4, 0.5) is 5.82 Å². The SMILES string of the molecule is CCCC(CNc1ccc(C(=O)NCC)nn1)C(=O)O. The summed E-state index contributed by atoms with van der Waals surface area (Å²) in [6, 6.07) is 3.17. The number of hydrogen-bond donors (Lipinski definition) is 3. The summed E-state index contributed by atoms with van der Waals surface area (Å²) in [6.45, 7) is 4.58. The molecule has 0 spiro atoms. The van der Waals surface area contributed by atoms with Gasteiger partial charge < -0.3 is 15.7 Å². The quantitative estimate of drug-likeness (QED) is 0.659. The number of anilines is 1. The van der Waals surface area contributed by atoms with Crippen LogP contribution >= 0.6 is 0 Å². The first-order valence-corrected chi connectivity index (χ1v) is 6.67. The van der Waals surface area contributed by atoms with Crippen molar-refractivity contribution in [3.05, 3.63) is 17.8 Å². The van der Waals surface area contributed by atoms with Crippen LogP contribution in [-0.2, 0) is 4.79 Å². The Morgan fingerprint density at radius 2 is 2.05 bits per heavy atom. The summed E-state index contributed by atoms with van der Waals surface area (Å²) in [5.74, 6) is -1.10. The van der Waals surface area contributed by atoms with E-state index in [0.29, 0.717) is 25.3 Å². The lowest BCUT2D eigenvalue weighted by atomic mass is 10.0. The van der Waals surface area contributed by atoms with E-state index in [4.69, 9.17) is 5.11 Å². The fourth-order valence-electron chi connectivity index (χ4n) is 1.69. The van der Waals surface area contributed by atoms with E-state index in [2.05, 4.69) is 20.8 Å². The summed E-state index contributed by atoms with van der Waals surface area (Å²) < 4.78 is 0. The zero-order valence-corrected chi connectivity index (χ0v) is 11.7. The van der Waals surface area contributed by atoms with Crippen LogP contribution in [-0.4, -0.2) is 40.3 Å². The van der Waals surface area contributed by atoms with Crippen molar-refractivity contribution in [2.75, 3.05) is 18.4 Å². The number of carbonyl (C=O) groups is 2. The molecule has 1 atom stereocenters. The van der Waals surface area contributed by atoms with Crippen molar-refractivity contribution in [3.63, 3.8) is 0 Å². The monoisotopic (exact) mass is 280 g/mol.